The minimum absolute atomic E-state index is 0.00694. The van der Waals surface area contributed by atoms with Crippen molar-refractivity contribution >= 4 is 17.8 Å². The van der Waals surface area contributed by atoms with Crippen LogP contribution >= 0.6 is 0 Å². The summed E-state index contributed by atoms with van der Waals surface area (Å²) in [7, 11) is 1.32. The summed E-state index contributed by atoms with van der Waals surface area (Å²) in [5, 5.41) is 19.3. The van der Waals surface area contributed by atoms with Crippen molar-refractivity contribution < 1.29 is 27.8 Å². The first-order valence-electron chi connectivity index (χ1n) is 12.7. The van der Waals surface area contributed by atoms with Crippen molar-refractivity contribution in [3.05, 3.63) is 65.2 Å². The average molecular weight is 560 g/mol. The van der Waals surface area contributed by atoms with Crippen molar-refractivity contribution in [3.63, 3.8) is 0 Å². The third kappa shape index (κ3) is 6.25. The van der Waals surface area contributed by atoms with Gasteiger partial charge in [-0.3, -0.25) is 9.69 Å². The molecular weight excluding hydrogens is 532 g/mol. The van der Waals surface area contributed by atoms with Gasteiger partial charge in [0.25, 0.3) is 0 Å². The zero-order chi connectivity index (χ0) is 29.9. The van der Waals surface area contributed by atoms with Crippen LogP contribution < -0.4 is 9.64 Å². The molecule has 1 aliphatic rings. The lowest BCUT2D eigenvalue weighted by Crippen LogP contribution is -2.39. The third-order valence-electron chi connectivity index (χ3n) is 6.35. The molecule has 0 spiro atoms. The molecule has 2 aromatic carbocycles. The number of benzene rings is 2. The molecule has 9 nitrogen and oxygen atoms in total. The van der Waals surface area contributed by atoms with E-state index >= 15 is 0 Å². The van der Waals surface area contributed by atoms with Crippen molar-refractivity contribution in [1.29, 1.82) is 10.5 Å². The third-order valence-corrected chi connectivity index (χ3v) is 6.35. The van der Waals surface area contributed by atoms with Gasteiger partial charge in [-0.1, -0.05) is 12.1 Å². The van der Waals surface area contributed by atoms with Crippen LogP contribution in [0.15, 0.2) is 42.5 Å². The fourth-order valence-corrected chi connectivity index (χ4v) is 4.41. The summed E-state index contributed by atoms with van der Waals surface area (Å²) in [6.45, 7) is 5.59. The molecule has 41 heavy (non-hydrogen) atoms. The van der Waals surface area contributed by atoms with E-state index in [9.17, 15) is 28.9 Å². The smallest absolute Gasteiger partial charge is 0.410 e. The Hall–Kier alpha value is -5.03. The molecule has 3 aromatic rings. The number of aromatic nitrogens is 1. The Morgan fingerprint density at radius 2 is 1.63 bits per heavy atom. The second-order valence-electron chi connectivity index (χ2n) is 10.3. The van der Waals surface area contributed by atoms with Gasteiger partial charge in [0.1, 0.15) is 23.3 Å². The molecule has 2 amide bonds. The maximum atomic E-state index is 14.7. The number of amides is 2. The lowest BCUT2D eigenvalue weighted by Gasteiger charge is -2.26. The number of anilines is 1. The molecule has 4 rings (SSSR count). The van der Waals surface area contributed by atoms with E-state index in [1.165, 1.54) is 47.2 Å². The van der Waals surface area contributed by atoms with Crippen molar-refractivity contribution in [2.45, 2.75) is 32.8 Å². The molecular formula is C30H27F2N5O4. The number of hydrogen-bond donors (Lipinski definition) is 0. The van der Waals surface area contributed by atoms with E-state index < -0.39 is 23.3 Å². The maximum Gasteiger partial charge on any atom is 0.410 e. The Kier molecular flexibility index (Phi) is 8.20. The van der Waals surface area contributed by atoms with E-state index in [1.807, 2.05) is 0 Å². The molecule has 0 N–H and O–H groups in total. The highest BCUT2D eigenvalue weighted by atomic mass is 19.1. The summed E-state index contributed by atoms with van der Waals surface area (Å²) in [6.07, 6.45) is -0.571. The Morgan fingerprint density at radius 1 is 0.951 bits per heavy atom. The SMILES string of the molecule is COc1ccc(-c2c(C#N)cc(N3CCN(C(=O)OC(C)(C)C)CCC3=O)nc2-c2ccc(C#N)c(F)c2)cc1F. The van der Waals surface area contributed by atoms with Gasteiger partial charge in [0.15, 0.2) is 11.6 Å². The molecule has 1 aromatic heterocycles. The van der Waals surface area contributed by atoms with Crippen LogP contribution in [0.4, 0.5) is 19.4 Å². The zero-order valence-electron chi connectivity index (χ0n) is 23.0. The molecule has 0 unspecified atom stereocenters. The van der Waals surface area contributed by atoms with E-state index in [0.717, 1.165) is 6.07 Å². The minimum Gasteiger partial charge on any atom is -0.494 e. The number of ether oxygens (including phenoxy) is 2. The highest BCUT2D eigenvalue weighted by Gasteiger charge is 2.30. The van der Waals surface area contributed by atoms with E-state index in [0.29, 0.717) is 0 Å². The van der Waals surface area contributed by atoms with E-state index in [1.54, 1.807) is 32.9 Å². The van der Waals surface area contributed by atoms with Crippen LogP contribution in [0.5, 0.6) is 5.75 Å². The summed E-state index contributed by atoms with van der Waals surface area (Å²) >= 11 is 0. The van der Waals surface area contributed by atoms with E-state index in [4.69, 9.17) is 9.47 Å². The van der Waals surface area contributed by atoms with Crippen molar-refractivity contribution in [3.8, 4) is 40.3 Å². The lowest BCUT2D eigenvalue weighted by atomic mass is 9.94. The molecule has 11 heteroatoms. The maximum absolute atomic E-state index is 14.7. The van der Waals surface area contributed by atoms with Crippen molar-refractivity contribution in [2.75, 3.05) is 31.6 Å². The van der Waals surface area contributed by atoms with E-state index in [2.05, 4.69) is 11.1 Å². The standard InChI is InChI=1S/C30H27F2N5O4/c1-30(2,3)41-29(39)36-10-9-26(38)37(12-11-36)25-15-21(17-34)27(18-7-8-24(40-4)23(32)13-18)28(35-25)19-5-6-20(16-33)22(31)14-19/h5-8,13-15H,9-12H2,1-4H3. The van der Waals surface area contributed by atoms with Gasteiger partial charge in [0.2, 0.25) is 5.91 Å². The number of nitrogens with zero attached hydrogens (tertiary/aromatic N) is 5. The summed E-state index contributed by atoms with van der Waals surface area (Å²) in [5.74, 6) is -1.73. The van der Waals surface area contributed by atoms with E-state index in [-0.39, 0.29) is 77.0 Å². The number of halogens is 2. The number of carbonyl (C=O) groups is 2. The monoisotopic (exact) mass is 559 g/mol. The highest BCUT2D eigenvalue weighted by molar-refractivity contribution is 5.95. The van der Waals surface area contributed by atoms with Crippen molar-refractivity contribution in [1.82, 2.24) is 9.88 Å². The van der Waals surface area contributed by atoms with Gasteiger partial charge in [-0.05, 0) is 56.7 Å². The number of carbonyl (C=O) groups excluding carboxylic acids is 2. The summed E-state index contributed by atoms with van der Waals surface area (Å²) < 4.78 is 39.9. The quantitative estimate of drug-likeness (QED) is 0.419. The Labute approximate surface area is 236 Å². The number of pyridine rings is 1. The molecule has 0 atom stereocenters. The van der Waals surface area contributed by atoms with Gasteiger partial charge < -0.3 is 14.4 Å². The first-order chi connectivity index (χ1) is 19.4. The van der Waals surface area contributed by atoms with Gasteiger partial charge in [0, 0.05) is 37.2 Å². The van der Waals surface area contributed by atoms with Crippen LogP contribution in [0, 0.1) is 34.3 Å². The first-order valence-corrected chi connectivity index (χ1v) is 12.7. The molecule has 210 valence electrons. The van der Waals surface area contributed by atoms with Crippen LogP contribution in [0.1, 0.15) is 38.3 Å². The predicted octanol–water partition coefficient (Wildman–Crippen LogP) is 5.42. The fraction of sp³-hybridized carbons (Fsp3) is 0.300. The van der Waals surface area contributed by atoms with Gasteiger partial charge >= 0.3 is 6.09 Å². The second kappa shape index (κ2) is 11.6. The largest absolute Gasteiger partial charge is 0.494 e. The summed E-state index contributed by atoms with van der Waals surface area (Å²) in [5.41, 5.74) is -0.0423. The average Bonchev–Trinajstić information content (AvgIpc) is 3.12. The lowest BCUT2D eigenvalue weighted by molar-refractivity contribution is -0.118. The number of rotatable bonds is 4. The minimum atomic E-state index is -0.804. The number of methoxy groups -OCH3 is 1. The number of hydrogen-bond acceptors (Lipinski definition) is 7. The first kappa shape index (κ1) is 29.0. The molecule has 0 saturated carbocycles. The van der Waals surface area contributed by atoms with Crippen molar-refractivity contribution in [2.24, 2.45) is 0 Å². The Balaban J connectivity index is 1.84. The summed E-state index contributed by atoms with van der Waals surface area (Å²) in [6, 6.07) is 13.2. The van der Waals surface area contributed by atoms with Gasteiger partial charge in [0.05, 0.1) is 30.0 Å². The summed E-state index contributed by atoms with van der Waals surface area (Å²) in [4.78, 5) is 33.3. The highest BCUT2D eigenvalue weighted by Crippen LogP contribution is 2.38. The topological polar surface area (TPSA) is 120 Å². The zero-order valence-corrected chi connectivity index (χ0v) is 23.0. The molecule has 0 radical (unpaired) electrons. The molecule has 1 aliphatic heterocycles. The second-order valence-corrected chi connectivity index (χ2v) is 10.3. The van der Waals surface area contributed by atoms with Crippen LogP contribution in [-0.4, -0.2) is 54.2 Å². The molecule has 1 fully saturated rings. The van der Waals surface area contributed by atoms with Crippen LogP contribution in [0.25, 0.3) is 22.4 Å². The Bertz CT molecular complexity index is 1600. The fourth-order valence-electron chi connectivity index (χ4n) is 4.41. The van der Waals surface area contributed by atoms with Crippen LogP contribution in [-0.2, 0) is 9.53 Å². The van der Waals surface area contributed by atoms with Gasteiger partial charge in [-0.2, -0.15) is 10.5 Å². The Morgan fingerprint density at radius 3 is 2.24 bits per heavy atom. The normalized spacial score (nSPS) is 13.7. The van der Waals surface area contributed by atoms with Gasteiger partial charge in [-0.25, -0.2) is 18.6 Å². The predicted molar refractivity (Wildman–Crippen MR) is 146 cm³/mol. The van der Waals surface area contributed by atoms with Gasteiger partial charge in [-0.15, -0.1) is 0 Å². The molecule has 2 heterocycles. The molecule has 0 bridgehead atoms. The molecule has 0 aliphatic carbocycles. The number of nitriles is 2. The van der Waals surface area contributed by atoms with Crippen LogP contribution in [0.3, 0.4) is 0 Å². The van der Waals surface area contributed by atoms with Crippen LogP contribution in [0.2, 0.25) is 0 Å². The molecule has 1 saturated heterocycles.